The number of imidazole rings is 1. The average Bonchev–Trinajstić information content (AvgIpc) is 2.93. The smallest absolute Gasteiger partial charge is 0.338 e. The Morgan fingerprint density at radius 3 is 2.76 bits per heavy atom. The van der Waals surface area contributed by atoms with Crippen LogP contribution in [0.25, 0.3) is 22.4 Å². The number of ether oxygens (including phenoxy) is 1. The summed E-state index contributed by atoms with van der Waals surface area (Å²) in [6.07, 6.45) is 0. The maximum Gasteiger partial charge on any atom is 0.338 e. The Labute approximate surface area is 121 Å². The Morgan fingerprint density at radius 1 is 1.29 bits per heavy atom. The van der Waals surface area contributed by atoms with E-state index in [1.165, 1.54) is 0 Å². The van der Waals surface area contributed by atoms with Crippen molar-refractivity contribution in [1.82, 2.24) is 9.97 Å². The van der Waals surface area contributed by atoms with Gasteiger partial charge in [-0.05, 0) is 19.1 Å². The van der Waals surface area contributed by atoms with Crippen LogP contribution in [0, 0.1) is 0 Å². The minimum Gasteiger partial charge on any atom is -0.462 e. The maximum absolute atomic E-state index is 11.8. The number of nitrogens with two attached hydrogens (primary N) is 1. The van der Waals surface area contributed by atoms with Crippen LogP contribution in [-0.2, 0) is 4.74 Å². The largest absolute Gasteiger partial charge is 0.462 e. The average molecular weight is 281 g/mol. The lowest BCUT2D eigenvalue weighted by atomic mass is 10.1. The minimum atomic E-state index is -0.387. The summed E-state index contributed by atoms with van der Waals surface area (Å²) < 4.78 is 4.99. The molecule has 1 heterocycles. The number of anilines is 1. The molecule has 2 aromatic carbocycles. The Kier molecular flexibility index (Phi) is 3.31. The molecular weight excluding hydrogens is 266 g/mol. The minimum absolute atomic E-state index is 0.328. The second-order valence-corrected chi connectivity index (χ2v) is 4.63. The van der Waals surface area contributed by atoms with E-state index in [1.807, 2.05) is 30.3 Å². The van der Waals surface area contributed by atoms with Crippen molar-refractivity contribution in [1.29, 1.82) is 0 Å². The predicted octanol–water partition coefficient (Wildman–Crippen LogP) is 2.99. The predicted molar refractivity (Wildman–Crippen MR) is 81.9 cm³/mol. The molecule has 0 bridgehead atoms. The Bertz CT molecular complexity index is 794. The molecule has 3 N–H and O–H groups in total. The highest BCUT2D eigenvalue weighted by Crippen LogP contribution is 2.25. The van der Waals surface area contributed by atoms with Gasteiger partial charge < -0.3 is 15.5 Å². The van der Waals surface area contributed by atoms with Gasteiger partial charge in [0.25, 0.3) is 0 Å². The van der Waals surface area contributed by atoms with Crippen molar-refractivity contribution in [2.75, 3.05) is 12.3 Å². The molecule has 0 atom stereocenters. The standard InChI is InChI=1S/C16H15N3O2/c1-2-21-16(20)11-8-12(17)14-13(9-11)18-15(19-14)10-6-4-3-5-7-10/h3-9H,2,17H2,1H3,(H,18,19). The molecule has 0 radical (unpaired) electrons. The topological polar surface area (TPSA) is 81.0 Å². The fourth-order valence-corrected chi connectivity index (χ4v) is 2.21. The van der Waals surface area contributed by atoms with Crippen LogP contribution in [0.5, 0.6) is 0 Å². The molecule has 3 aromatic rings. The van der Waals surface area contributed by atoms with E-state index < -0.39 is 0 Å². The molecule has 0 fully saturated rings. The van der Waals surface area contributed by atoms with E-state index >= 15 is 0 Å². The second-order valence-electron chi connectivity index (χ2n) is 4.63. The summed E-state index contributed by atoms with van der Waals surface area (Å²) in [5.41, 5.74) is 9.20. The number of carbonyl (C=O) groups excluding carboxylic acids is 1. The number of benzene rings is 2. The number of rotatable bonds is 3. The molecule has 5 heteroatoms. The first-order valence-electron chi connectivity index (χ1n) is 6.71. The van der Waals surface area contributed by atoms with Gasteiger partial charge in [-0.25, -0.2) is 9.78 Å². The number of esters is 1. The second kappa shape index (κ2) is 5.28. The molecule has 0 amide bonds. The van der Waals surface area contributed by atoms with Crippen LogP contribution >= 0.6 is 0 Å². The SMILES string of the molecule is CCOC(=O)c1cc(N)c2nc(-c3ccccc3)[nH]c2c1. The number of hydrogen-bond donors (Lipinski definition) is 2. The van der Waals surface area contributed by atoms with Crippen LogP contribution in [0.1, 0.15) is 17.3 Å². The molecule has 0 saturated carbocycles. The summed E-state index contributed by atoms with van der Waals surface area (Å²) in [6.45, 7) is 2.10. The van der Waals surface area contributed by atoms with Crippen molar-refractivity contribution < 1.29 is 9.53 Å². The number of aromatic amines is 1. The molecule has 5 nitrogen and oxygen atoms in total. The molecular formula is C16H15N3O2. The van der Waals surface area contributed by atoms with Gasteiger partial charge in [-0.1, -0.05) is 30.3 Å². The van der Waals surface area contributed by atoms with Gasteiger partial charge in [-0.15, -0.1) is 0 Å². The van der Waals surface area contributed by atoms with Crippen LogP contribution in [0.4, 0.5) is 5.69 Å². The van der Waals surface area contributed by atoms with Gasteiger partial charge in [0.05, 0.1) is 23.4 Å². The molecule has 0 aliphatic carbocycles. The normalized spacial score (nSPS) is 10.7. The molecule has 0 aliphatic rings. The monoisotopic (exact) mass is 281 g/mol. The van der Waals surface area contributed by atoms with E-state index in [1.54, 1.807) is 19.1 Å². The first-order valence-corrected chi connectivity index (χ1v) is 6.71. The van der Waals surface area contributed by atoms with Crippen molar-refractivity contribution in [2.45, 2.75) is 6.92 Å². The summed E-state index contributed by atoms with van der Waals surface area (Å²) in [6, 6.07) is 13.0. The zero-order valence-corrected chi connectivity index (χ0v) is 11.6. The number of carbonyl (C=O) groups is 1. The highest BCUT2D eigenvalue weighted by molar-refractivity contribution is 5.99. The van der Waals surface area contributed by atoms with Gasteiger partial charge >= 0.3 is 5.97 Å². The van der Waals surface area contributed by atoms with Crippen molar-refractivity contribution in [3.05, 3.63) is 48.0 Å². The quantitative estimate of drug-likeness (QED) is 0.571. The summed E-state index contributed by atoms with van der Waals surface area (Å²) in [7, 11) is 0. The fraction of sp³-hybridized carbons (Fsp3) is 0.125. The number of hydrogen-bond acceptors (Lipinski definition) is 4. The van der Waals surface area contributed by atoms with Crippen LogP contribution in [0.15, 0.2) is 42.5 Å². The lowest BCUT2D eigenvalue weighted by Gasteiger charge is -2.03. The fourth-order valence-electron chi connectivity index (χ4n) is 2.21. The summed E-state index contributed by atoms with van der Waals surface area (Å²) in [5.74, 6) is 0.334. The zero-order chi connectivity index (χ0) is 14.8. The molecule has 21 heavy (non-hydrogen) atoms. The van der Waals surface area contributed by atoms with Crippen molar-refractivity contribution in [3.8, 4) is 11.4 Å². The van der Waals surface area contributed by atoms with Crippen LogP contribution in [0.3, 0.4) is 0 Å². The first kappa shape index (κ1) is 13.2. The molecule has 106 valence electrons. The van der Waals surface area contributed by atoms with E-state index in [-0.39, 0.29) is 5.97 Å². The molecule has 0 aliphatic heterocycles. The molecule has 0 spiro atoms. The summed E-state index contributed by atoms with van der Waals surface area (Å²) in [5, 5.41) is 0. The zero-order valence-electron chi connectivity index (χ0n) is 11.6. The number of H-pyrrole nitrogens is 1. The van der Waals surface area contributed by atoms with Gasteiger partial charge in [0.2, 0.25) is 0 Å². The third-order valence-corrected chi connectivity index (χ3v) is 3.17. The Balaban J connectivity index is 2.09. The van der Waals surface area contributed by atoms with Crippen LogP contribution in [-0.4, -0.2) is 22.5 Å². The summed E-state index contributed by atoms with van der Waals surface area (Å²) in [4.78, 5) is 19.5. The van der Waals surface area contributed by atoms with Crippen molar-refractivity contribution >= 4 is 22.7 Å². The number of nitrogen functional groups attached to an aromatic ring is 1. The lowest BCUT2D eigenvalue weighted by molar-refractivity contribution is 0.0526. The number of nitrogens with zero attached hydrogens (tertiary/aromatic N) is 1. The van der Waals surface area contributed by atoms with Gasteiger partial charge in [-0.3, -0.25) is 0 Å². The van der Waals surface area contributed by atoms with Gasteiger partial charge in [0.15, 0.2) is 0 Å². The Morgan fingerprint density at radius 2 is 2.05 bits per heavy atom. The Hall–Kier alpha value is -2.82. The molecule has 0 unspecified atom stereocenters. The van der Waals surface area contributed by atoms with E-state index in [0.717, 1.165) is 16.9 Å². The maximum atomic E-state index is 11.8. The van der Waals surface area contributed by atoms with Gasteiger partial charge in [0, 0.05) is 5.56 Å². The highest BCUT2D eigenvalue weighted by Gasteiger charge is 2.13. The van der Waals surface area contributed by atoms with E-state index in [4.69, 9.17) is 10.5 Å². The lowest BCUT2D eigenvalue weighted by Crippen LogP contribution is -2.05. The number of nitrogens with one attached hydrogen (secondary N) is 1. The third-order valence-electron chi connectivity index (χ3n) is 3.17. The van der Waals surface area contributed by atoms with Crippen molar-refractivity contribution in [2.24, 2.45) is 0 Å². The highest BCUT2D eigenvalue weighted by atomic mass is 16.5. The van der Waals surface area contributed by atoms with E-state index in [9.17, 15) is 4.79 Å². The van der Waals surface area contributed by atoms with Crippen LogP contribution in [0.2, 0.25) is 0 Å². The first-order chi connectivity index (χ1) is 10.2. The van der Waals surface area contributed by atoms with Crippen molar-refractivity contribution in [3.63, 3.8) is 0 Å². The van der Waals surface area contributed by atoms with Gasteiger partial charge in [0.1, 0.15) is 11.3 Å². The summed E-state index contributed by atoms with van der Waals surface area (Å²) >= 11 is 0. The van der Waals surface area contributed by atoms with Gasteiger partial charge in [-0.2, -0.15) is 0 Å². The third kappa shape index (κ3) is 2.45. The molecule has 0 saturated heterocycles. The van der Waals surface area contributed by atoms with E-state index in [2.05, 4.69) is 9.97 Å². The van der Waals surface area contributed by atoms with Crippen LogP contribution < -0.4 is 5.73 Å². The van der Waals surface area contributed by atoms with E-state index in [0.29, 0.717) is 23.4 Å². The molecule has 3 rings (SSSR count). The molecule has 1 aromatic heterocycles. The number of fused-ring (bicyclic) bond motifs is 1. The number of aromatic nitrogens is 2.